The number of nitrogens with one attached hydrogen (secondary N) is 1. The summed E-state index contributed by atoms with van der Waals surface area (Å²) >= 11 is 0. The van der Waals surface area contributed by atoms with Crippen LogP contribution in [0.4, 0.5) is 5.69 Å². The average Bonchev–Trinajstić information content (AvgIpc) is 2.77. The van der Waals surface area contributed by atoms with Crippen molar-refractivity contribution in [2.75, 3.05) is 18.0 Å². The third kappa shape index (κ3) is 5.14. The van der Waals surface area contributed by atoms with Gasteiger partial charge >= 0.3 is 0 Å². The van der Waals surface area contributed by atoms with Crippen LogP contribution in [-0.4, -0.2) is 33.7 Å². The zero-order valence-electron chi connectivity index (χ0n) is 16.4. The van der Waals surface area contributed by atoms with Crippen molar-refractivity contribution in [1.29, 1.82) is 0 Å². The first-order valence-electron chi connectivity index (χ1n) is 9.57. The predicted octanol–water partition coefficient (Wildman–Crippen LogP) is 3.33. The van der Waals surface area contributed by atoms with Crippen molar-refractivity contribution in [1.82, 2.24) is 5.43 Å². The number of carbonyl (C=O) groups excluding carboxylic acids is 1. The maximum absolute atomic E-state index is 13.3. The molecular formula is C21H25N3O4S. The molecule has 0 spiro atoms. The van der Waals surface area contributed by atoms with Crippen LogP contribution in [0.15, 0.2) is 64.6 Å². The number of hydrogen-bond donors (Lipinski definition) is 1. The number of sulfonamides is 1. The number of hydrogen-bond acceptors (Lipinski definition) is 5. The van der Waals surface area contributed by atoms with Crippen molar-refractivity contribution >= 4 is 27.3 Å². The molecule has 7 nitrogen and oxygen atoms in total. The van der Waals surface area contributed by atoms with E-state index in [1.807, 2.05) is 0 Å². The molecular weight excluding hydrogens is 390 g/mol. The van der Waals surface area contributed by atoms with Gasteiger partial charge in [-0.15, -0.1) is 0 Å². The Morgan fingerprint density at radius 3 is 2.38 bits per heavy atom. The number of carbonyl (C=O) groups is 1. The van der Waals surface area contributed by atoms with Gasteiger partial charge < -0.3 is 4.74 Å². The second-order valence-corrected chi connectivity index (χ2v) is 8.63. The Balaban J connectivity index is 1.90. The number of amides is 1. The number of anilines is 1. The molecule has 0 aromatic heterocycles. The lowest BCUT2D eigenvalue weighted by atomic mass is 9.99. The summed E-state index contributed by atoms with van der Waals surface area (Å²) in [5.41, 5.74) is 3.75. The molecule has 0 atom stereocenters. The van der Waals surface area contributed by atoms with Crippen molar-refractivity contribution in [3.8, 4) is 5.75 Å². The van der Waals surface area contributed by atoms with E-state index in [4.69, 9.17) is 4.74 Å². The molecule has 2 aromatic rings. The zero-order chi connectivity index (χ0) is 20.7. The van der Waals surface area contributed by atoms with Gasteiger partial charge in [0.15, 0.2) is 0 Å². The Morgan fingerprint density at radius 1 is 1.03 bits per heavy atom. The summed E-state index contributed by atoms with van der Waals surface area (Å²) in [4.78, 5) is 12.7. The summed E-state index contributed by atoms with van der Waals surface area (Å²) in [6.45, 7) is -0.408. The first-order chi connectivity index (χ1) is 14.0. The number of hydrazone groups is 1. The lowest BCUT2D eigenvalue weighted by Gasteiger charge is -2.25. The molecule has 0 unspecified atom stereocenters. The van der Waals surface area contributed by atoms with Crippen LogP contribution < -0.4 is 14.5 Å². The molecule has 0 radical (unpaired) electrons. The number of methoxy groups -OCH3 is 1. The Hall–Kier alpha value is -2.87. The monoisotopic (exact) mass is 415 g/mol. The van der Waals surface area contributed by atoms with Gasteiger partial charge in [0.2, 0.25) is 0 Å². The SMILES string of the molecule is COc1ccccc1N(CC(=O)NN=C1CCCCC1)S(=O)(=O)c1ccccc1. The number of benzene rings is 2. The Labute approximate surface area is 171 Å². The minimum atomic E-state index is -3.98. The van der Waals surface area contributed by atoms with Crippen LogP contribution in [-0.2, 0) is 14.8 Å². The highest BCUT2D eigenvalue weighted by molar-refractivity contribution is 7.92. The van der Waals surface area contributed by atoms with Gasteiger partial charge in [-0.05, 0) is 49.9 Å². The molecule has 3 rings (SSSR count). The van der Waals surface area contributed by atoms with Crippen LogP contribution >= 0.6 is 0 Å². The Bertz CT molecular complexity index is 966. The van der Waals surface area contributed by atoms with E-state index in [9.17, 15) is 13.2 Å². The van der Waals surface area contributed by atoms with E-state index in [-0.39, 0.29) is 4.90 Å². The summed E-state index contributed by atoms with van der Waals surface area (Å²) in [6, 6.07) is 14.7. The molecule has 29 heavy (non-hydrogen) atoms. The minimum absolute atomic E-state index is 0.0947. The van der Waals surface area contributed by atoms with Gasteiger partial charge in [-0.1, -0.05) is 36.8 Å². The highest BCUT2D eigenvalue weighted by atomic mass is 32.2. The molecule has 1 aliphatic rings. The van der Waals surface area contributed by atoms with Crippen LogP contribution in [0.25, 0.3) is 0 Å². The summed E-state index contributed by atoms with van der Waals surface area (Å²) in [7, 11) is -2.52. The third-order valence-corrected chi connectivity index (χ3v) is 6.52. The van der Waals surface area contributed by atoms with E-state index >= 15 is 0 Å². The minimum Gasteiger partial charge on any atom is -0.495 e. The van der Waals surface area contributed by atoms with Crippen LogP contribution in [0.1, 0.15) is 32.1 Å². The van der Waals surface area contributed by atoms with Gasteiger partial charge in [0.25, 0.3) is 15.9 Å². The first kappa shape index (κ1) is 20.9. The molecule has 1 saturated carbocycles. The number of nitrogens with zero attached hydrogens (tertiary/aromatic N) is 2. The highest BCUT2D eigenvalue weighted by Gasteiger charge is 2.29. The van der Waals surface area contributed by atoms with Crippen LogP contribution in [0, 0.1) is 0 Å². The van der Waals surface area contributed by atoms with E-state index in [1.165, 1.54) is 25.7 Å². The highest BCUT2D eigenvalue weighted by Crippen LogP contribution is 2.32. The van der Waals surface area contributed by atoms with Crippen molar-refractivity contribution in [2.45, 2.75) is 37.0 Å². The molecule has 2 aromatic carbocycles. The van der Waals surface area contributed by atoms with Gasteiger partial charge in [-0.2, -0.15) is 5.10 Å². The molecule has 0 saturated heterocycles. The fourth-order valence-corrected chi connectivity index (χ4v) is 4.69. The lowest BCUT2D eigenvalue weighted by Crippen LogP contribution is -2.40. The lowest BCUT2D eigenvalue weighted by molar-refractivity contribution is -0.119. The van der Waals surface area contributed by atoms with Gasteiger partial charge in [-0.25, -0.2) is 13.8 Å². The third-order valence-electron chi connectivity index (χ3n) is 4.74. The molecule has 0 heterocycles. The zero-order valence-corrected chi connectivity index (χ0v) is 17.2. The fourth-order valence-electron chi connectivity index (χ4n) is 3.23. The van der Waals surface area contributed by atoms with E-state index in [0.29, 0.717) is 11.4 Å². The molecule has 0 aliphatic heterocycles. The molecule has 1 amide bonds. The maximum atomic E-state index is 13.3. The summed E-state index contributed by atoms with van der Waals surface area (Å²) in [5, 5.41) is 4.19. The van der Waals surface area contributed by atoms with Crippen molar-refractivity contribution < 1.29 is 17.9 Å². The predicted molar refractivity (Wildman–Crippen MR) is 113 cm³/mol. The molecule has 154 valence electrons. The fraction of sp³-hybridized carbons (Fsp3) is 0.333. The second-order valence-electron chi connectivity index (χ2n) is 6.77. The van der Waals surface area contributed by atoms with Crippen LogP contribution in [0.5, 0.6) is 5.75 Å². The summed E-state index contributed by atoms with van der Waals surface area (Å²) in [5.74, 6) is -0.146. The van der Waals surface area contributed by atoms with Crippen molar-refractivity contribution in [2.24, 2.45) is 5.10 Å². The molecule has 1 aliphatic carbocycles. The summed E-state index contributed by atoms with van der Waals surface area (Å²) in [6.07, 6.45) is 5.01. The van der Waals surface area contributed by atoms with Gasteiger partial charge in [0.05, 0.1) is 17.7 Å². The van der Waals surface area contributed by atoms with Crippen molar-refractivity contribution in [3.05, 3.63) is 54.6 Å². The normalized spacial score (nSPS) is 14.2. The van der Waals surface area contributed by atoms with Crippen LogP contribution in [0.3, 0.4) is 0 Å². The quantitative estimate of drug-likeness (QED) is 0.703. The second kappa shape index (κ2) is 9.56. The number of ether oxygens (including phenoxy) is 1. The summed E-state index contributed by atoms with van der Waals surface area (Å²) < 4.78 is 33.0. The standard InChI is InChI=1S/C21H25N3O4S/c1-28-20-15-9-8-14-19(20)24(29(26,27)18-12-6-3-7-13-18)16-21(25)23-22-17-10-4-2-5-11-17/h3,6-9,12-15H,2,4-5,10-11,16H2,1H3,(H,23,25). The van der Waals surface area contributed by atoms with Crippen LogP contribution in [0.2, 0.25) is 0 Å². The van der Waals surface area contributed by atoms with E-state index in [2.05, 4.69) is 10.5 Å². The Morgan fingerprint density at radius 2 is 1.69 bits per heavy atom. The molecule has 1 N–H and O–H groups in total. The largest absolute Gasteiger partial charge is 0.495 e. The van der Waals surface area contributed by atoms with Crippen molar-refractivity contribution in [3.63, 3.8) is 0 Å². The smallest absolute Gasteiger partial charge is 0.264 e. The topological polar surface area (TPSA) is 88.1 Å². The van der Waals surface area contributed by atoms with Gasteiger partial charge in [0.1, 0.15) is 12.3 Å². The molecule has 1 fully saturated rings. The van der Waals surface area contributed by atoms with E-state index < -0.39 is 22.5 Å². The maximum Gasteiger partial charge on any atom is 0.264 e. The Kier molecular flexibility index (Phi) is 6.87. The average molecular weight is 416 g/mol. The van der Waals surface area contributed by atoms with Gasteiger partial charge in [0, 0.05) is 5.71 Å². The van der Waals surface area contributed by atoms with E-state index in [1.54, 1.807) is 42.5 Å². The molecule has 0 bridgehead atoms. The van der Waals surface area contributed by atoms with E-state index in [0.717, 1.165) is 35.7 Å². The molecule has 8 heteroatoms. The number of rotatable bonds is 7. The first-order valence-corrected chi connectivity index (χ1v) is 11.0. The number of para-hydroxylation sites is 2. The van der Waals surface area contributed by atoms with Gasteiger partial charge in [-0.3, -0.25) is 9.10 Å².